The minimum atomic E-state index is 0.622. The summed E-state index contributed by atoms with van der Waals surface area (Å²) in [4.78, 5) is 2.57. The first kappa shape index (κ1) is 8.54. The smallest absolute Gasteiger partial charge is 0.0551 e. The third-order valence-electron chi connectivity index (χ3n) is 2.44. The molecule has 2 rings (SSSR count). The van der Waals surface area contributed by atoms with E-state index in [9.17, 15) is 0 Å². The van der Waals surface area contributed by atoms with Gasteiger partial charge in [-0.05, 0) is 24.8 Å². The van der Waals surface area contributed by atoms with Crippen LogP contribution in [0.15, 0.2) is 6.07 Å². The van der Waals surface area contributed by atoms with E-state index in [0.717, 1.165) is 10.9 Å². The van der Waals surface area contributed by atoms with Gasteiger partial charge in [-0.15, -0.1) is 11.3 Å². The molecule has 2 N–H and O–H groups in total. The van der Waals surface area contributed by atoms with Crippen LogP contribution in [0.25, 0.3) is 0 Å². The van der Waals surface area contributed by atoms with Crippen LogP contribution >= 0.6 is 22.9 Å². The van der Waals surface area contributed by atoms with Gasteiger partial charge in [0.05, 0.1) is 5.02 Å². The highest BCUT2D eigenvalue weighted by atomic mass is 35.5. The highest BCUT2D eigenvalue weighted by molar-refractivity contribution is 7.12. The van der Waals surface area contributed by atoms with Gasteiger partial charge in [-0.2, -0.15) is 0 Å². The molecule has 0 atom stereocenters. The van der Waals surface area contributed by atoms with Crippen LogP contribution in [0.4, 0.5) is 0 Å². The topological polar surface area (TPSA) is 26.0 Å². The molecule has 1 aliphatic rings. The van der Waals surface area contributed by atoms with Gasteiger partial charge >= 0.3 is 0 Å². The first-order chi connectivity index (χ1) is 5.81. The van der Waals surface area contributed by atoms with E-state index in [1.807, 2.05) is 6.07 Å². The fourth-order valence-corrected chi connectivity index (χ4v) is 3.05. The molecule has 1 aromatic heterocycles. The minimum Gasteiger partial charge on any atom is -0.326 e. The number of thiophene rings is 1. The van der Waals surface area contributed by atoms with Crippen molar-refractivity contribution in [3.8, 4) is 0 Å². The van der Waals surface area contributed by atoms with Crippen LogP contribution < -0.4 is 5.73 Å². The van der Waals surface area contributed by atoms with E-state index in [1.165, 1.54) is 29.0 Å². The summed E-state index contributed by atoms with van der Waals surface area (Å²) in [5.74, 6) is 0.739. The zero-order chi connectivity index (χ0) is 8.55. The van der Waals surface area contributed by atoms with Gasteiger partial charge in [-0.1, -0.05) is 18.0 Å². The predicted molar refractivity (Wildman–Crippen MR) is 53.8 cm³/mol. The Hall–Kier alpha value is -0.0500. The summed E-state index contributed by atoms with van der Waals surface area (Å²) < 4.78 is 0. The van der Waals surface area contributed by atoms with E-state index in [2.05, 4.69) is 0 Å². The van der Waals surface area contributed by atoms with E-state index in [-0.39, 0.29) is 0 Å². The molecule has 0 bridgehead atoms. The summed E-state index contributed by atoms with van der Waals surface area (Å²) in [6.07, 6.45) is 3.98. The maximum absolute atomic E-state index is 6.09. The van der Waals surface area contributed by atoms with E-state index in [1.54, 1.807) is 11.3 Å². The molecule has 12 heavy (non-hydrogen) atoms. The number of hydrogen-bond acceptors (Lipinski definition) is 2. The summed E-state index contributed by atoms with van der Waals surface area (Å²) in [5.41, 5.74) is 5.54. The molecule has 0 aromatic carbocycles. The van der Waals surface area contributed by atoms with Crippen LogP contribution in [-0.4, -0.2) is 0 Å². The van der Waals surface area contributed by atoms with Crippen LogP contribution in [0.5, 0.6) is 0 Å². The van der Waals surface area contributed by atoms with Crippen molar-refractivity contribution in [2.75, 3.05) is 0 Å². The lowest BCUT2D eigenvalue weighted by atomic mass is 9.84. The molecule has 1 aliphatic carbocycles. The van der Waals surface area contributed by atoms with Gasteiger partial charge in [-0.25, -0.2) is 0 Å². The first-order valence-electron chi connectivity index (χ1n) is 4.29. The molecular weight excluding hydrogens is 190 g/mol. The van der Waals surface area contributed by atoms with Crippen molar-refractivity contribution in [3.05, 3.63) is 20.8 Å². The van der Waals surface area contributed by atoms with Gasteiger partial charge in [0, 0.05) is 16.3 Å². The van der Waals surface area contributed by atoms with Crippen LogP contribution in [0.1, 0.15) is 34.9 Å². The highest BCUT2D eigenvalue weighted by Gasteiger charge is 2.23. The molecule has 1 saturated carbocycles. The minimum absolute atomic E-state index is 0.622. The quantitative estimate of drug-likeness (QED) is 0.782. The summed E-state index contributed by atoms with van der Waals surface area (Å²) >= 11 is 7.87. The molecule has 0 unspecified atom stereocenters. The Morgan fingerprint density at radius 3 is 2.75 bits per heavy atom. The largest absolute Gasteiger partial charge is 0.326 e. The molecule has 1 aromatic rings. The Kier molecular flexibility index (Phi) is 2.40. The second-order valence-electron chi connectivity index (χ2n) is 3.26. The number of nitrogens with two attached hydrogens (primary N) is 1. The van der Waals surface area contributed by atoms with Crippen molar-refractivity contribution < 1.29 is 0 Å². The fraction of sp³-hybridized carbons (Fsp3) is 0.556. The SMILES string of the molecule is NCc1cc(Cl)c(C2CCC2)s1. The molecular formula is C9H12ClNS. The van der Waals surface area contributed by atoms with Crippen molar-refractivity contribution >= 4 is 22.9 Å². The average molecular weight is 202 g/mol. The Morgan fingerprint density at radius 1 is 1.58 bits per heavy atom. The van der Waals surface area contributed by atoms with Crippen LogP contribution in [0, 0.1) is 0 Å². The highest BCUT2D eigenvalue weighted by Crippen LogP contribution is 2.43. The second kappa shape index (κ2) is 3.36. The van der Waals surface area contributed by atoms with Gasteiger partial charge in [0.1, 0.15) is 0 Å². The van der Waals surface area contributed by atoms with Crippen molar-refractivity contribution in [2.24, 2.45) is 5.73 Å². The van der Waals surface area contributed by atoms with E-state index >= 15 is 0 Å². The van der Waals surface area contributed by atoms with Crippen LogP contribution in [-0.2, 0) is 6.54 Å². The van der Waals surface area contributed by atoms with Gasteiger partial charge in [0.15, 0.2) is 0 Å². The molecule has 3 heteroatoms. The Morgan fingerprint density at radius 2 is 2.33 bits per heavy atom. The molecule has 0 amide bonds. The third kappa shape index (κ3) is 1.39. The molecule has 0 saturated heterocycles. The van der Waals surface area contributed by atoms with E-state index < -0.39 is 0 Å². The van der Waals surface area contributed by atoms with Gasteiger partial charge in [-0.3, -0.25) is 0 Å². The summed E-state index contributed by atoms with van der Waals surface area (Å²) in [7, 11) is 0. The van der Waals surface area contributed by atoms with Crippen LogP contribution in [0.3, 0.4) is 0 Å². The fourth-order valence-electron chi connectivity index (χ4n) is 1.48. The molecule has 0 radical (unpaired) electrons. The molecule has 1 fully saturated rings. The lowest BCUT2D eigenvalue weighted by Crippen LogP contribution is -2.06. The molecule has 0 aliphatic heterocycles. The number of rotatable bonds is 2. The lowest BCUT2D eigenvalue weighted by molar-refractivity contribution is 0.426. The van der Waals surface area contributed by atoms with Crippen molar-refractivity contribution in [3.63, 3.8) is 0 Å². The van der Waals surface area contributed by atoms with Gasteiger partial charge in [0.2, 0.25) is 0 Å². The van der Waals surface area contributed by atoms with E-state index in [0.29, 0.717) is 6.54 Å². The summed E-state index contributed by atoms with van der Waals surface area (Å²) in [6, 6.07) is 2.01. The van der Waals surface area contributed by atoms with Crippen molar-refractivity contribution in [1.82, 2.24) is 0 Å². The third-order valence-corrected chi connectivity index (χ3v) is 4.19. The standard InChI is InChI=1S/C9H12ClNS/c10-8-4-7(5-11)12-9(8)6-2-1-3-6/h4,6H,1-3,5,11H2. The molecule has 1 nitrogen and oxygen atoms in total. The zero-order valence-corrected chi connectivity index (χ0v) is 8.42. The Bertz CT molecular complexity index is 278. The zero-order valence-electron chi connectivity index (χ0n) is 6.85. The molecule has 0 spiro atoms. The Balaban J connectivity index is 2.23. The van der Waals surface area contributed by atoms with Crippen LogP contribution in [0.2, 0.25) is 5.02 Å². The maximum atomic E-state index is 6.09. The number of hydrogen-bond donors (Lipinski definition) is 1. The van der Waals surface area contributed by atoms with E-state index in [4.69, 9.17) is 17.3 Å². The second-order valence-corrected chi connectivity index (χ2v) is 4.83. The lowest BCUT2D eigenvalue weighted by Gasteiger charge is -2.24. The monoisotopic (exact) mass is 201 g/mol. The van der Waals surface area contributed by atoms with Crippen molar-refractivity contribution in [2.45, 2.75) is 31.7 Å². The van der Waals surface area contributed by atoms with Crippen molar-refractivity contribution in [1.29, 1.82) is 0 Å². The first-order valence-corrected chi connectivity index (χ1v) is 5.49. The van der Waals surface area contributed by atoms with Gasteiger partial charge < -0.3 is 5.73 Å². The van der Waals surface area contributed by atoms with Gasteiger partial charge in [0.25, 0.3) is 0 Å². The molecule has 66 valence electrons. The number of halogens is 1. The average Bonchev–Trinajstić information content (AvgIpc) is 2.29. The normalized spacial score (nSPS) is 17.8. The Labute approximate surface area is 81.5 Å². The predicted octanol–water partition coefficient (Wildman–Crippen LogP) is 3.13. The maximum Gasteiger partial charge on any atom is 0.0551 e. The molecule has 1 heterocycles. The summed E-state index contributed by atoms with van der Waals surface area (Å²) in [6.45, 7) is 0.622. The summed E-state index contributed by atoms with van der Waals surface area (Å²) in [5, 5.41) is 0.935.